The Balaban J connectivity index is 1.66. The van der Waals surface area contributed by atoms with Gasteiger partial charge in [0.05, 0.1) is 11.7 Å². The van der Waals surface area contributed by atoms with Crippen LogP contribution in [-0.2, 0) is 4.74 Å². The van der Waals surface area contributed by atoms with Crippen molar-refractivity contribution in [3.8, 4) is 0 Å². The molecule has 2 nitrogen and oxygen atoms in total. The van der Waals surface area contributed by atoms with Gasteiger partial charge in [-0.25, -0.2) is 0 Å². The number of hydrogen-bond donors (Lipinski definition) is 1. The van der Waals surface area contributed by atoms with Crippen molar-refractivity contribution in [3.63, 3.8) is 0 Å². The van der Waals surface area contributed by atoms with E-state index in [1.807, 2.05) is 0 Å². The van der Waals surface area contributed by atoms with Crippen LogP contribution in [0, 0.1) is 11.8 Å². The summed E-state index contributed by atoms with van der Waals surface area (Å²) >= 11 is 0. The fourth-order valence-electron chi connectivity index (χ4n) is 3.31. The lowest BCUT2D eigenvalue weighted by Crippen LogP contribution is -2.36. The lowest BCUT2D eigenvalue weighted by atomic mass is 9.83. The Hall–Kier alpha value is -0.0800. The monoisotopic (exact) mass is 253 g/mol. The molecular formula is C16H31NO. The molecule has 2 aliphatic rings. The molecule has 1 heterocycles. The van der Waals surface area contributed by atoms with E-state index in [2.05, 4.69) is 26.1 Å². The number of hydrogen-bond acceptors (Lipinski definition) is 2. The van der Waals surface area contributed by atoms with Crippen LogP contribution < -0.4 is 5.32 Å². The third kappa shape index (κ3) is 3.71. The molecule has 18 heavy (non-hydrogen) atoms. The molecule has 2 atom stereocenters. The van der Waals surface area contributed by atoms with Gasteiger partial charge in [0.15, 0.2) is 0 Å². The Morgan fingerprint density at radius 3 is 2.50 bits per heavy atom. The van der Waals surface area contributed by atoms with E-state index in [1.54, 1.807) is 0 Å². The molecule has 2 unspecified atom stereocenters. The molecule has 0 bridgehead atoms. The Morgan fingerprint density at radius 1 is 1.11 bits per heavy atom. The molecular weight excluding hydrogens is 222 g/mol. The molecule has 2 fully saturated rings. The van der Waals surface area contributed by atoms with Crippen LogP contribution >= 0.6 is 0 Å². The first-order chi connectivity index (χ1) is 8.61. The van der Waals surface area contributed by atoms with E-state index in [9.17, 15) is 0 Å². The van der Waals surface area contributed by atoms with Crippen LogP contribution in [0.5, 0.6) is 0 Å². The van der Waals surface area contributed by atoms with E-state index in [0.29, 0.717) is 6.10 Å². The van der Waals surface area contributed by atoms with Crippen molar-refractivity contribution in [2.75, 3.05) is 13.1 Å². The lowest BCUT2D eigenvalue weighted by Gasteiger charge is -2.33. The summed E-state index contributed by atoms with van der Waals surface area (Å²) in [5, 5.41) is 3.61. The van der Waals surface area contributed by atoms with Gasteiger partial charge < -0.3 is 10.1 Å². The predicted molar refractivity (Wildman–Crippen MR) is 76.8 cm³/mol. The first-order valence-electron chi connectivity index (χ1n) is 8.00. The van der Waals surface area contributed by atoms with Crippen LogP contribution in [0.2, 0.25) is 0 Å². The fourth-order valence-corrected chi connectivity index (χ4v) is 3.31. The molecule has 1 spiro atoms. The largest absolute Gasteiger partial charge is 0.370 e. The van der Waals surface area contributed by atoms with E-state index in [0.717, 1.165) is 24.9 Å². The normalized spacial score (nSPS) is 29.0. The summed E-state index contributed by atoms with van der Waals surface area (Å²) < 4.78 is 6.37. The van der Waals surface area contributed by atoms with Gasteiger partial charge in [-0.05, 0) is 44.1 Å². The van der Waals surface area contributed by atoms with Crippen LogP contribution in [0.4, 0.5) is 0 Å². The highest BCUT2D eigenvalue weighted by molar-refractivity contribution is 4.91. The highest BCUT2D eigenvalue weighted by Gasteiger charge is 2.40. The highest BCUT2D eigenvalue weighted by Crippen LogP contribution is 2.41. The second-order valence-corrected chi connectivity index (χ2v) is 6.90. The van der Waals surface area contributed by atoms with Gasteiger partial charge in [0, 0.05) is 6.54 Å². The minimum atomic E-state index is 0.286. The van der Waals surface area contributed by atoms with E-state index in [1.165, 1.54) is 44.9 Å². The van der Waals surface area contributed by atoms with Crippen molar-refractivity contribution in [2.24, 2.45) is 11.8 Å². The van der Waals surface area contributed by atoms with Crippen LogP contribution in [0.25, 0.3) is 0 Å². The fraction of sp³-hybridized carbons (Fsp3) is 1.00. The summed E-state index contributed by atoms with van der Waals surface area (Å²) in [7, 11) is 0. The van der Waals surface area contributed by atoms with Crippen LogP contribution in [0.15, 0.2) is 0 Å². The average Bonchev–Trinajstić information content (AvgIpc) is 2.73. The summed E-state index contributed by atoms with van der Waals surface area (Å²) in [6.45, 7) is 9.12. The molecule has 1 saturated carbocycles. The number of nitrogens with one attached hydrogen (secondary N) is 1. The molecule has 1 aliphatic carbocycles. The molecule has 2 rings (SSSR count). The van der Waals surface area contributed by atoms with Crippen LogP contribution in [0.1, 0.15) is 65.7 Å². The Bertz CT molecular complexity index is 245. The summed E-state index contributed by atoms with van der Waals surface area (Å²) in [6.07, 6.45) is 9.84. The first kappa shape index (κ1) is 14.3. The number of rotatable bonds is 5. The number of ether oxygens (including phenoxy) is 1. The van der Waals surface area contributed by atoms with Crippen molar-refractivity contribution in [2.45, 2.75) is 77.4 Å². The SMILES string of the molecule is CC(C)C(C)CNCC1CCC2(CCCCC2)O1. The smallest absolute Gasteiger partial charge is 0.0708 e. The van der Waals surface area contributed by atoms with Gasteiger partial charge in [-0.3, -0.25) is 0 Å². The van der Waals surface area contributed by atoms with E-state index >= 15 is 0 Å². The van der Waals surface area contributed by atoms with Crippen molar-refractivity contribution in [1.82, 2.24) is 5.32 Å². The summed E-state index contributed by atoms with van der Waals surface area (Å²) in [6, 6.07) is 0. The van der Waals surface area contributed by atoms with Gasteiger partial charge in [0.2, 0.25) is 0 Å². The minimum Gasteiger partial charge on any atom is -0.370 e. The average molecular weight is 253 g/mol. The first-order valence-corrected chi connectivity index (χ1v) is 8.00. The summed E-state index contributed by atoms with van der Waals surface area (Å²) in [5.74, 6) is 1.53. The van der Waals surface area contributed by atoms with E-state index in [4.69, 9.17) is 4.74 Å². The molecule has 1 aliphatic heterocycles. The summed E-state index contributed by atoms with van der Waals surface area (Å²) in [4.78, 5) is 0. The third-order valence-electron chi connectivity index (χ3n) is 5.08. The zero-order valence-electron chi connectivity index (χ0n) is 12.5. The van der Waals surface area contributed by atoms with E-state index in [-0.39, 0.29) is 5.60 Å². The maximum Gasteiger partial charge on any atom is 0.0708 e. The Kier molecular flexibility index (Phi) is 5.08. The Morgan fingerprint density at radius 2 is 1.83 bits per heavy atom. The topological polar surface area (TPSA) is 21.3 Å². The molecule has 0 aromatic carbocycles. The summed E-state index contributed by atoms with van der Waals surface area (Å²) in [5.41, 5.74) is 0.286. The second kappa shape index (κ2) is 6.38. The van der Waals surface area contributed by atoms with Crippen molar-refractivity contribution in [1.29, 1.82) is 0 Å². The molecule has 1 N–H and O–H groups in total. The minimum absolute atomic E-state index is 0.286. The van der Waals surface area contributed by atoms with Crippen molar-refractivity contribution in [3.05, 3.63) is 0 Å². The van der Waals surface area contributed by atoms with Gasteiger partial charge in [-0.1, -0.05) is 40.0 Å². The zero-order chi connectivity index (χ0) is 13.0. The molecule has 2 heteroatoms. The molecule has 106 valence electrons. The van der Waals surface area contributed by atoms with Crippen molar-refractivity contribution < 1.29 is 4.74 Å². The van der Waals surface area contributed by atoms with Gasteiger partial charge in [0.25, 0.3) is 0 Å². The maximum absolute atomic E-state index is 6.37. The van der Waals surface area contributed by atoms with Crippen LogP contribution in [-0.4, -0.2) is 24.8 Å². The Labute approximate surface area is 113 Å². The molecule has 0 aromatic heterocycles. The maximum atomic E-state index is 6.37. The van der Waals surface area contributed by atoms with Gasteiger partial charge in [-0.15, -0.1) is 0 Å². The standard InChI is InChI=1S/C16H31NO/c1-13(2)14(3)11-17-12-15-7-10-16(18-15)8-5-4-6-9-16/h13-15,17H,4-12H2,1-3H3. The molecule has 1 saturated heterocycles. The predicted octanol–water partition coefficient (Wildman–Crippen LogP) is 3.75. The van der Waals surface area contributed by atoms with Gasteiger partial charge in [-0.2, -0.15) is 0 Å². The molecule has 0 amide bonds. The van der Waals surface area contributed by atoms with Crippen molar-refractivity contribution >= 4 is 0 Å². The van der Waals surface area contributed by atoms with Gasteiger partial charge >= 0.3 is 0 Å². The molecule has 0 radical (unpaired) electrons. The molecule has 0 aromatic rings. The van der Waals surface area contributed by atoms with Gasteiger partial charge in [0.1, 0.15) is 0 Å². The quantitative estimate of drug-likeness (QED) is 0.805. The lowest BCUT2D eigenvalue weighted by molar-refractivity contribution is -0.0625. The highest BCUT2D eigenvalue weighted by atomic mass is 16.5. The van der Waals surface area contributed by atoms with E-state index < -0.39 is 0 Å². The second-order valence-electron chi connectivity index (χ2n) is 6.90. The van der Waals surface area contributed by atoms with Crippen LogP contribution in [0.3, 0.4) is 0 Å². The third-order valence-corrected chi connectivity index (χ3v) is 5.08. The zero-order valence-corrected chi connectivity index (χ0v) is 12.5.